The molecule has 2 rings (SSSR count). The number of hydrogen-bond donors (Lipinski definition) is 0. The molecule has 0 amide bonds. The molecule has 0 aromatic heterocycles. The van der Waals surface area contributed by atoms with E-state index in [1.165, 1.54) is 34.9 Å². The summed E-state index contributed by atoms with van der Waals surface area (Å²) < 4.78 is 0. The summed E-state index contributed by atoms with van der Waals surface area (Å²) in [5.41, 5.74) is 4.98. The van der Waals surface area contributed by atoms with Gasteiger partial charge in [-0.1, -0.05) is 53.7 Å². The zero-order valence-electron chi connectivity index (χ0n) is 15.2. The molecule has 1 aliphatic rings. The molecule has 1 aromatic carbocycles. The number of allylic oxidation sites excluding steroid dienone is 4. The van der Waals surface area contributed by atoms with Gasteiger partial charge in [0.25, 0.3) is 0 Å². The Bertz CT molecular complexity index is 697. The van der Waals surface area contributed by atoms with Crippen molar-refractivity contribution in [1.29, 1.82) is 0 Å². The summed E-state index contributed by atoms with van der Waals surface area (Å²) in [6.07, 6.45) is 4.15. The first-order chi connectivity index (χ1) is 10.4. The first-order valence-electron chi connectivity index (χ1n) is 8.05. The number of carbonyl (C=O) groups excluding carboxylic acids is 2. The van der Waals surface area contributed by atoms with Gasteiger partial charge in [0.2, 0.25) is 0 Å². The SMILES string of the molecule is Cc1c(C(C)(C)C)cc(C2=CC(=O)C=CC2=O)cc1C(C)(C)C. The summed E-state index contributed by atoms with van der Waals surface area (Å²) >= 11 is 0. The third-order valence-electron chi connectivity index (χ3n) is 4.29. The molecule has 0 unspecified atom stereocenters. The second kappa shape index (κ2) is 5.59. The number of carbonyl (C=O) groups is 2. The van der Waals surface area contributed by atoms with Gasteiger partial charge in [0.15, 0.2) is 11.6 Å². The first kappa shape index (κ1) is 17.4. The zero-order chi connectivity index (χ0) is 17.6. The molecule has 0 aliphatic heterocycles. The Kier molecular flexibility index (Phi) is 4.23. The van der Waals surface area contributed by atoms with Crippen molar-refractivity contribution in [2.75, 3.05) is 0 Å². The Balaban J connectivity index is 2.76. The highest BCUT2D eigenvalue weighted by Crippen LogP contribution is 2.36. The second-order valence-corrected chi connectivity index (χ2v) is 8.35. The summed E-state index contributed by atoms with van der Waals surface area (Å²) in [6, 6.07) is 4.14. The standard InChI is InChI=1S/C21H26O2/c1-13-17(20(2,3)4)10-14(11-18(13)21(5,6)7)16-12-15(22)8-9-19(16)23/h8-12H,1-7H3. The van der Waals surface area contributed by atoms with Gasteiger partial charge >= 0.3 is 0 Å². The van der Waals surface area contributed by atoms with Crippen LogP contribution in [0.15, 0.2) is 30.4 Å². The molecule has 2 nitrogen and oxygen atoms in total. The van der Waals surface area contributed by atoms with E-state index in [0.29, 0.717) is 5.57 Å². The highest BCUT2D eigenvalue weighted by molar-refractivity contribution is 6.33. The van der Waals surface area contributed by atoms with Gasteiger partial charge in [0.1, 0.15) is 0 Å². The molecule has 0 spiro atoms. The maximum atomic E-state index is 12.2. The molecule has 0 N–H and O–H groups in total. The molecule has 1 aromatic rings. The molecule has 122 valence electrons. The minimum Gasteiger partial charge on any atom is -0.290 e. The van der Waals surface area contributed by atoms with Gasteiger partial charge in [0, 0.05) is 5.57 Å². The Morgan fingerprint density at radius 2 is 1.26 bits per heavy atom. The van der Waals surface area contributed by atoms with Crippen LogP contribution in [0.1, 0.15) is 63.8 Å². The normalized spacial score (nSPS) is 15.9. The lowest BCUT2D eigenvalue weighted by atomic mass is 9.74. The van der Waals surface area contributed by atoms with Crippen LogP contribution in [-0.2, 0) is 20.4 Å². The summed E-state index contributed by atoms with van der Waals surface area (Å²) in [4.78, 5) is 23.9. The van der Waals surface area contributed by atoms with Crippen LogP contribution in [0.25, 0.3) is 5.57 Å². The van der Waals surface area contributed by atoms with Gasteiger partial charge in [0.05, 0.1) is 0 Å². The Hall–Kier alpha value is -1.96. The maximum absolute atomic E-state index is 12.2. The topological polar surface area (TPSA) is 34.1 Å². The van der Waals surface area contributed by atoms with E-state index < -0.39 is 0 Å². The summed E-state index contributed by atoms with van der Waals surface area (Å²) in [5, 5.41) is 0. The van der Waals surface area contributed by atoms with E-state index in [-0.39, 0.29) is 22.4 Å². The summed E-state index contributed by atoms with van der Waals surface area (Å²) in [7, 11) is 0. The number of benzene rings is 1. The van der Waals surface area contributed by atoms with Crippen molar-refractivity contribution < 1.29 is 9.59 Å². The Labute approximate surface area is 139 Å². The highest BCUT2D eigenvalue weighted by atomic mass is 16.1. The van der Waals surface area contributed by atoms with E-state index in [1.54, 1.807) is 0 Å². The van der Waals surface area contributed by atoms with Crippen molar-refractivity contribution in [2.24, 2.45) is 0 Å². The monoisotopic (exact) mass is 310 g/mol. The van der Waals surface area contributed by atoms with Gasteiger partial charge in [-0.05, 0) is 58.2 Å². The molecular formula is C21H26O2. The van der Waals surface area contributed by atoms with Crippen LogP contribution in [-0.4, -0.2) is 11.6 Å². The van der Waals surface area contributed by atoms with Crippen molar-refractivity contribution in [2.45, 2.75) is 59.3 Å². The van der Waals surface area contributed by atoms with Crippen LogP contribution in [0, 0.1) is 6.92 Å². The quantitative estimate of drug-likeness (QED) is 0.706. The van der Waals surface area contributed by atoms with Crippen LogP contribution in [0.5, 0.6) is 0 Å². The molecule has 0 saturated carbocycles. The van der Waals surface area contributed by atoms with E-state index in [0.717, 1.165) is 5.56 Å². The largest absolute Gasteiger partial charge is 0.290 e. The predicted molar refractivity (Wildman–Crippen MR) is 95.7 cm³/mol. The van der Waals surface area contributed by atoms with Crippen molar-refractivity contribution >= 4 is 17.1 Å². The second-order valence-electron chi connectivity index (χ2n) is 8.35. The fourth-order valence-electron chi connectivity index (χ4n) is 3.16. The Morgan fingerprint density at radius 1 is 0.783 bits per heavy atom. The average Bonchev–Trinajstić information content (AvgIpc) is 2.39. The summed E-state index contributed by atoms with van der Waals surface area (Å²) in [6.45, 7) is 15.2. The van der Waals surface area contributed by atoms with Crippen molar-refractivity contribution in [1.82, 2.24) is 0 Å². The molecule has 23 heavy (non-hydrogen) atoms. The van der Waals surface area contributed by atoms with E-state index in [1.807, 2.05) is 0 Å². The smallest absolute Gasteiger partial charge is 0.186 e. The zero-order valence-corrected chi connectivity index (χ0v) is 15.2. The first-order valence-corrected chi connectivity index (χ1v) is 8.05. The third-order valence-corrected chi connectivity index (χ3v) is 4.29. The molecular weight excluding hydrogens is 284 g/mol. The van der Waals surface area contributed by atoms with E-state index in [9.17, 15) is 9.59 Å². The van der Waals surface area contributed by atoms with Crippen LogP contribution in [0.4, 0.5) is 0 Å². The van der Waals surface area contributed by atoms with E-state index >= 15 is 0 Å². The van der Waals surface area contributed by atoms with Crippen molar-refractivity contribution in [3.63, 3.8) is 0 Å². The molecule has 0 bridgehead atoms. The predicted octanol–water partition coefficient (Wildman–Crippen LogP) is 4.68. The lowest BCUT2D eigenvalue weighted by Gasteiger charge is -2.30. The van der Waals surface area contributed by atoms with Crippen LogP contribution in [0.2, 0.25) is 0 Å². The van der Waals surface area contributed by atoms with Gasteiger partial charge in [-0.15, -0.1) is 0 Å². The number of hydrogen-bond acceptors (Lipinski definition) is 2. The molecule has 2 heteroatoms. The summed E-state index contributed by atoms with van der Waals surface area (Å²) in [5.74, 6) is -0.233. The molecule has 0 atom stereocenters. The van der Waals surface area contributed by atoms with Gasteiger partial charge in [-0.2, -0.15) is 0 Å². The fourth-order valence-corrected chi connectivity index (χ4v) is 3.16. The van der Waals surface area contributed by atoms with Gasteiger partial charge in [-0.25, -0.2) is 0 Å². The minimum absolute atomic E-state index is 0.0295. The molecule has 0 saturated heterocycles. The van der Waals surface area contributed by atoms with Crippen molar-refractivity contribution in [3.05, 3.63) is 52.6 Å². The maximum Gasteiger partial charge on any atom is 0.186 e. The lowest BCUT2D eigenvalue weighted by Crippen LogP contribution is -2.21. The third kappa shape index (κ3) is 3.52. The molecule has 1 aliphatic carbocycles. The Morgan fingerprint density at radius 3 is 1.70 bits per heavy atom. The van der Waals surface area contributed by atoms with Gasteiger partial charge < -0.3 is 0 Å². The lowest BCUT2D eigenvalue weighted by molar-refractivity contribution is -0.113. The van der Waals surface area contributed by atoms with Crippen molar-refractivity contribution in [3.8, 4) is 0 Å². The van der Waals surface area contributed by atoms with E-state index in [4.69, 9.17) is 0 Å². The van der Waals surface area contributed by atoms with Crippen LogP contribution < -0.4 is 0 Å². The molecule has 0 heterocycles. The molecule has 0 radical (unpaired) electrons. The van der Waals surface area contributed by atoms with Crippen LogP contribution >= 0.6 is 0 Å². The highest BCUT2D eigenvalue weighted by Gasteiger charge is 2.26. The average molecular weight is 310 g/mol. The fraction of sp³-hybridized carbons (Fsp3) is 0.429. The molecule has 0 fully saturated rings. The van der Waals surface area contributed by atoms with Gasteiger partial charge in [-0.3, -0.25) is 9.59 Å². The number of rotatable bonds is 1. The van der Waals surface area contributed by atoms with Crippen LogP contribution in [0.3, 0.4) is 0 Å². The minimum atomic E-state index is -0.130. The van der Waals surface area contributed by atoms with E-state index in [2.05, 4.69) is 60.6 Å². The number of ketones is 2.